The van der Waals surface area contributed by atoms with Crippen molar-refractivity contribution in [2.24, 2.45) is 0 Å². The van der Waals surface area contributed by atoms with Gasteiger partial charge in [0.1, 0.15) is 29.7 Å². The first kappa shape index (κ1) is 17.8. The highest BCUT2D eigenvalue weighted by Gasteiger charge is 2.44. The van der Waals surface area contributed by atoms with Crippen LogP contribution < -0.4 is 5.73 Å². The van der Waals surface area contributed by atoms with Crippen LogP contribution in [-0.4, -0.2) is 59.8 Å². The number of aliphatic hydroxyl groups excluding tert-OH is 3. The van der Waals surface area contributed by atoms with Gasteiger partial charge in [0.2, 0.25) is 0 Å². The molecular formula is C18H21N5O4. The molecule has 3 heterocycles. The number of aryl methyl sites for hydroxylation is 2. The van der Waals surface area contributed by atoms with Gasteiger partial charge in [0.25, 0.3) is 0 Å². The van der Waals surface area contributed by atoms with Gasteiger partial charge in [-0.25, -0.2) is 15.0 Å². The van der Waals surface area contributed by atoms with E-state index in [1.165, 1.54) is 10.9 Å². The molecule has 1 aromatic carbocycles. The lowest BCUT2D eigenvalue weighted by atomic mass is 10.1. The molecule has 1 fully saturated rings. The molecule has 4 atom stereocenters. The number of aliphatic hydroxyl groups is 3. The number of nitrogen functional groups attached to an aromatic ring is 1. The number of hydrogen-bond acceptors (Lipinski definition) is 8. The van der Waals surface area contributed by atoms with Crippen LogP contribution in [0.2, 0.25) is 0 Å². The van der Waals surface area contributed by atoms with Gasteiger partial charge in [-0.3, -0.25) is 4.57 Å². The molecule has 142 valence electrons. The zero-order valence-corrected chi connectivity index (χ0v) is 14.5. The van der Waals surface area contributed by atoms with Gasteiger partial charge < -0.3 is 25.8 Å². The van der Waals surface area contributed by atoms with Crippen LogP contribution in [-0.2, 0) is 17.6 Å². The fourth-order valence-electron chi connectivity index (χ4n) is 3.29. The van der Waals surface area contributed by atoms with Gasteiger partial charge in [-0.1, -0.05) is 30.3 Å². The fraction of sp³-hybridized carbons (Fsp3) is 0.389. The van der Waals surface area contributed by atoms with E-state index in [1.807, 2.05) is 30.3 Å². The molecule has 9 nitrogen and oxygen atoms in total. The summed E-state index contributed by atoms with van der Waals surface area (Å²) in [5.41, 5.74) is 8.01. The number of aromatic nitrogens is 4. The number of rotatable bonds is 5. The summed E-state index contributed by atoms with van der Waals surface area (Å²) in [7, 11) is 0. The maximum Gasteiger partial charge on any atom is 0.167 e. The molecule has 27 heavy (non-hydrogen) atoms. The first-order valence-electron chi connectivity index (χ1n) is 8.73. The average Bonchev–Trinajstić information content (AvgIpc) is 3.23. The Morgan fingerprint density at radius 2 is 1.85 bits per heavy atom. The van der Waals surface area contributed by atoms with Gasteiger partial charge in [-0.2, -0.15) is 0 Å². The van der Waals surface area contributed by atoms with Gasteiger partial charge in [0, 0.05) is 6.42 Å². The number of nitrogens with two attached hydrogens (primary N) is 1. The monoisotopic (exact) mass is 371 g/mol. The van der Waals surface area contributed by atoms with Crippen molar-refractivity contribution in [3.8, 4) is 0 Å². The van der Waals surface area contributed by atoms with Gasteiger partial charge >= 0.3 is 0 Å². The van der Waals surface area contributed by atoms with Crippen molar-refractivity contribution in [1.82, 2.24) is 19.5 Å². The number of nitrogens with zero attached hydrogens (tertiary/aromatic N) is 4. The summed E-state index contributed by atoms with van der Waals surface area (Å²) < 4.78 is 7.09. The van der Waals surface area contributed by atoms with E-state index in [2.05, 4.69) is 15.0 Å². The van der Waals surface area contributed by atoms with Crippen molar-refractivity contribution in [3.63, 3.8) is 0 Å². The molecule has 0 aliphatic carbocycles. The van der Waals surface area contributed by atoms with E-state index in [0.29, 0.717) is 23.4 Å². The van der Waals surface area contributed by atoms with Crippen LogP contribution in [0.4, 0.5) is 5.82 Å². The molecule has 0 spiro atoms. The molecule has 9 heteroatoms. The number of anilines is 1. The van der Waals surface area contributed by atoms with E-state index in [0.717, 1.165) is 12.0 Å². The quantitative estimate of drug-likeness (QED) is 0.484. The Hall–Kier alpha value is -2.59. The van der Waals surface area contributed by atoms with Crippen molar-refractivity contribution < 1.29 is 20.1 Å². The Morgan fingerprint density at radius 3 is 2.56 bits per heavy atom. The van der Waals surface area contributed by atoms with Crippen LogP contribution in [0, 0.1) is 0 Å². The summed E-state index contributed by atoms with van der Waals surface area (Å²) >= 11 is 0. The summed E-state index contributed by atoms with van der Waals surface area (Å²) in [4.78, 5) is 13.1. The number of fused-ring (bicyclic) bond motifs is 1. The van der Waals surface area contributed by atoms with E-state index in [1.54, 1.807) is 0 Å². The third-order valence-electron chi connectivity index (χ3n) is 4.77. The van der Waals surface area contributed by atoms with Crippen LogP contribution in [0.5, 0.6) is 0 Å². The van der Waals surface area contributed by atoms with Crippen molar-refractivity contribution in [2.45, 2.75) is 37.4 Å². The van der Waals surface area contributed by atoms with Crippen LogP contribution in [0.15, 0.2) is 36.7 Å². The molecule has 1 saturated heterocycles. The Labute approximate surface area is 155 Å². The van der Waals surface area contributed by atoms with E-state index in [-0.39, 0.29) is 5.82 Å². The number of imidazole rings is 1. The molecule has 2 aromatic heterocycles. The van der Waals surface area contributed by atoms with Crippen molar-refractivity contribution in [3.05, 3.63) is 48.0 Å². The molecule has 3 aromatic rings. The molecule has 4 rings (SSSR count). The van der Waals surface area contributed by atoms with Gasteiger partial charge in [-0.15, -0.1) is 0 Å². The predicted molar refractivity (Wildman–Crippen MR) is 96.6 cm³/mol. The third kappa shape index (κ3) is 3.26. The first-order chi connectivity index (χ1) is 13.1. The van der Waals surface area contributed by atoms with Gasteiger partial charge in [0.05, 0.1) is 12.9 Å². The number of benzene rings is 1. The standard InChI is InChI=1S/C18H21N5O4/c19-16-13-17(22-12(21-16)7-6-10-4-2-1-3-5-10)23(9-20-13)18-15(26)14(25)11(8-24)27-18/h1-5,9,11,14-15,18,24-26H,6-8H2,(H2,19,21,22). The molecule has 4 unspecified atom stereocenters. The zero-order chi connectivity index (χ0) is 19.0. The maximum absolute atomic E-state index is 10.3. The molecule has 5 N–H and O–H groups in total. The molecular weight excluding hydrogens is 350 g/mol. The topological polar surface area (TPSA) is 140 Å². The van der Waals surface area contributed by atoms with Crippen LogP contribution >= 0.6 is 0 Å². The lowest BCUT2D eigenvalue weighted by Crippen LogP contribution is -2.33. The maximum atomic E-state index is 10.3. The van der Waals surface area contributed by atoms with Crippen LogP contribution in [0.1, 0.15) is 17.6 Å². The Bertz CT molecular complexity index is 932. The van der Waals surface area contributed by atoms with Crippen molar-refractivity contribution >= 4 is 17.0 Å². The normalized spacial score (nSPS) is 25.3. The van der Waals surface area contributed by atoms with Gasteiger partial charge in [-0.05, 0) is 12.0 Å². The second-order valence-electron chi connectivity index (χ2n) is 6.56. The van der Waals surface area contributed by atoms with Crippen LogP contribution in [0.25, 0.3) is 11.2 Å². The second kappa shape index (κ2) is 7.20. The van der Waals surface area contributed by atoms with Crippen molar-refractivity contribution in [1.29, 1.82) is 0 Å². The largest absolute Gasteiger partial charge is 0.394 e. The summed E-state index contributed by atoms with van der Waals surface area (Å²) in [5.74, 6) is 0.797. The molecule has 1 aliphatic heterocycles. The average molecular weight is 371 g/mol. The number of ether oxygens (including phenoxy) is 1. The summed E-state index contributed by atoms with van der Waals surface area (Å²) in [6.07, 6.45) is -1.42. The molecule has 0 radical (unpaired) electrons. The van der Waals surface area contributed by atoms with Crippen molar-refractivity contribution in [2.75, 3.05) is 12.3 Å². The van der Waals surface area contributed by atoms with E-state index >= 15 is 0 Å². The van der Waals surface area contributed by atoms with Gasteiger partial charge in [0.15, 0.2) is 17.7 Å². The minimum absolute atomic E-state index is 0.244. The highest BCUT2D eigenvalue weighted by Crippen LogP contribution is 2.32. The van der Waals surface area contributed by atoms with E-state index < -0.39 is 31.1 Å². The van der Waals surface area contributed by atoms with Crippen LogP contribution in [0.3, 0.4) is 0 Å². The fourth-order valence-corrected chi connectivity index (χ4v) is 3.29. The Kier molecular flexibility index (Phi) is 4.75. The smallest absolute Gasteiger partial charge is 0.167 e. The van der Waals surface area contributed by atoms with E-state index in [4.69, 9.17) is 10.5 Å². The molecule has 0 bridgehead atoms. The summed E-state index contributed by atoms with van der Waals surface area (Å²) in [6, 6.07) is 9.98. The Balaban J connectivity index is 1.64. The second-order valence-corrected chi connectivity index (χ2v) is 6.56. The summed E-state index contributed by atoms with van der Waals surface area (Å²) in [5, 5.41) is 29.5. The lowest BCUT2D eigenvalue weighted by Gasteiger charge is -2.16. The first-order valence-corrected chi connectivity index (χ1v) is 8.73. The lowest BCUT2D eigenvalue weighted by molar-refractivity contribution is -0.0511. The highest BCUT2D eigenvalue weighted by atomic mass is 16.6. The SMILES string of the molecule is Nc1nc(CCc2ccccc2)nc2c1ncn2C1OC(CO)C(O)C1O. The summed E-state index contributed by atoms with van der Waals surface area (Å²) in [6.45, 7) is -0.402. The number of hydrogen-bond donors (Lipinski definition) is 4. The minimum Gasteiger partial charge on any atom is -0.394 e. The molecule has 0 amide bonds. The minimum atomic E-state index is -1.22. The Morgan fingerprint density at radius 1 is 1.07 bits per heavy atom. The highest BCUT2D eigenvalue weighted by molar-refractivity contribution is 5.81. The molecule has 0 saturated carbocycles. The van der Waals surface area contributed by atoms with E-state index in [9.17, 15) is 15.3 Å². The predicted octanol–water partition coefficient (Wildman–Crippen LogP) is -0.195. The third-order valence-corrected chi connectivity index (χ3v) is 4.77. The molecule has 1 aliphatic rings. The zero-order valence-electron chi connectivity index (χ0n) is 14.5.